The van der Waals surface area contributed by atoms with E-state index in [-0.39, 0.29) is 18.5 Å². The number of nitrogens with one attached hydrogen (secondary N) is 1. The number of hydrogen-bond donors (Lipinski definition) is 1. The Labute approximate surface area is 138 Å². The Balaban J connectivity index is 1.69. The lowest BCUT2D eigenvalue weighted by Gasteiger charge is -2.26. The number of carbonyl (C=O) groups is 1. The molecule has 5 nitrogen and oxygen atoms in total. The van der Waals surface area contributed by atoms with Gasteiger partial charge in [0.1, 0.15) is 6.54 Å². The van der Waals surface area contributed by atoms with Crippen molar-refractivity contribution in [2.45, 2.75) is 38.6 Å². The first kappa shape index (κ1) is 16.3. The Bertz CT molecular complexity index is 684. The molecule has 2 aliphatic carbocycles. The second-order valence-corrected chi connectivity index (χ2v) is 8.86. The molecule has 2 fully saturated rings. The quantitative estimate of drug-likeness (QED) is 0.895. The third kappa shape index (κ3) is 3.68. The molecule has 0 aliphatic heterocycles. The predicted octanol–water partition coefficient (Wildman–Crippen LogP) is 2.07. The molecular formula is C17H24N2O3S. The molecule has 1 amide bonds. The first-order valence-electron chi connectivity index (χ1n) is 8.16. The summed E-state index contributed by atoms with van der Waals surface area (Å²) in [6.07, 6.45) is 5.84. The molecule has 0 radical (unpaired) electrons. The number of nitrogens with zero attached hydrogens (tertiary/aromatic N) is 1. The first-order chi connectivity index (χ1) is 10.8. The number of benzene rings is 1. The van der Waals surface area contributed by atoms with E-state index in [2.05, 4.69) is 5.32 Å². The molecule has 1 aromatic carbocycles. The van der Waals surface area contributed by atoms with Crippen molar-refractivity contribution in [1.82, 2.24) is 5.32 Å². The van der Waals surface area contributed by atoms with Gasteiger partial charge in [-0.2, -0.15) is 0 Å². The number of fused-ring (bicyclic) bond motifs is 2. The van der Waals surface area contributed by atoms with Crippen LogP contribution in [0.4, 0.5) is 5.69 Å². The minimum atomic E-state index is -3.50. The van der Waals surface area contributed by atoms with E-state index in [1.54, 1.807) is 12.1 Å². The van der Waals surface area contributed by atoms with E-state index in [4.69, 9.17) is 0 Å². The van der Waals surface area contributed by atoms with Gasteiger partial charge in [0.2, 0.25) is 15.9 Å². The lowest BCUT2D eigenvalue weighted by Crippen LogP contribution is -2.45. The molecule has 23 heavy (non-hydrogen) atoms. The highest BCUT2D eigenvalue weighted by Gasteiger charge is 2.40. The molecule has 126 valence electrons. The zero-order valence-electron chi connectivity index (χ0n) is 13.7. The predicted molar refractivity (Wildman–Crippen MR) is 90.7 cm³/mol. The van der Waals surface area contributed by atoms with Crippen LogP contribution in [0.5, 0.6) is 0 Å². The molecule has 3 atom stereocenters. The molecule has 0 heterocycles. The number of aryl methyl sites for hydroxylation is 1. The lowest BCUT2D eigenvalue weighted by atomic mass is 9.95. The highest BCUT2D eigenvalue weighted by molar-refractivity contribution is 7.92. The van der Waals surface area contributed by atoms with Crippen LogP contribution in [-0.4, -0.2) is 33.2 Å². The fraction of sp³-hybridized carbons (Fsp3) is 0.588. The van der Waals surface area contributed by atoms with Gasteiger partial charge < -0.3 is 5.32 Å². The smallest absolute Gasteiger partial charge is 0.241 e. The van der Waals surface area contributed by atoms with Gasteiger partial charge in [-0.3, -0.25) is 9.10 Å². The summed E-state index contributed by atoms with van der Waals surface area (Å²) < 4.78 is 25.3. The molecule has 0 unspecified atom stereocenters. The van der Waals surface area contributed by atoms with Crippen LogP contribution in [0.1, 0.15) is 31.2 Å². The van der Waals surface area contributed by atoms with E-state index in [0.717, 1.165) is 24.2 Å². The summed E-state index contributed by atoms with van der Waals surface area (Å²) in [5, 5.41) is 3.05. The van der Waals surface area contributed by atoms with E-state index >= 15 is 0 Å². The summed E-state index contributed by atoms with van der Waals surface area (Å²) in [7, 11) is -3.50. The molecule has 0 saturated heterocycles. The Morgan fingerprint density at radius 2 is 1.91 bits per heavy atom. The van der Waals surface area contributed by atoms with E-state index in [0.29, 0.717) is 11.6 Å². The Hall–Kier alpha value is -1.56. The molecule has 3 rings (SSSR count). The summed E-state index contributed by atoms with van der Waals surface area (Å²) in [5.41, 5.74) is 1.58. The molecule has 6 heteroatoms. The normalized spacial score (nSPS) is 26.3. The maximum Gasteiger partial charge on any atom is 0.241 e. The average Bonchev–Trinajstić information content (AvgIpc) is 3.07. The zero-order chi connectivity index (χ0) is 16.6. The second-order valence-electron chi connectivity index (χ2n) is 6.95. The minimum Gasteiger partial charge on any atom is -0.352 e. The van der Waals surface area contributed by atoms with Gasteiger partial charge in [-0.1, -0.05) is 24.1 Å². The van der Waals surface area contributed by atoms with Gasteiger partial charge in [0.05, 0.1) is 11.9 Å². The van der Waals surface area contributed by atoms with Gasteiger partial charge in [-0.25, -0.2) is 8.42 Å². The second kappa shape index (κ2) is 6.15. The number of hydrogen-bond acceptors (Lipinski definition) is 3. The highest BCUT2D eigenvalue weighted by atomic mass is 32.2. The van der Waals surface area contributed by atoms with Crippen molar-refractivity contribution >= 4 is 21.6 Å². The molecule has 1 aromatic rings. The molecule has 2 saturated carbocycles. The van der Waals surface area contributed by atoms with Crippen molar-refractivity contribution < 1.29 is 13.2 Å². The zero-order valence-corrected chi connectivity index (χ0v) is 14.5. The molecule has 2 bridgehead atoms. The Morgan fingerprint density at radius 1 is 1.22 bits per heavy atom. The van der Waals surface area contributed by atoms with Crippen LogP contribution in [0.15, 0.2) is 24.3 Å². The van der Waals surface area contributed by atoms with Crippen LogP contribution in [0, 0.1) is 18.8 Å². The maximum absolute atomic E-state index is 12.4. The van der Waals surface area contributed by atoms with Gasteiger partial charge >= 0.3 is 0 Å². The Kier molecular flexibility index (Phi) is 4.36. The maximum atomic E-state index is 12.4. The van der Waals surface area contributed by atoms with Crippen molar-refractivity contribution in [2.75, 3.05) is 17.1 Å². The fourth-order valence-electron chi connectivity index (χ4n) is 3.92. The average molecular weight is 336 g/mol. The van der Waals surface area contributed by atoms with Crippen LogP contribution in [0.2, 0.25) is 0 Å². The van der Waals surface area contributed by atoms with E-state index in [1.165, 1.54) is 23.6 Å². The van der Waals surface area contributed by atoms with Crippen LogP contribution < -0.4 is 9.62 Å². The Morgan fingerprint density at radius 3 is 2.43 bits per heavy atom. The number of carbonyl (C=O) groups excluding carboxylic acids is 1. The molecular weight excluding hydrogens is 312 g/mol. The SMILES string of the molecule is Cc1ccc(N(CC(=O)N[C@H]2C[C@H]3CC[C@H]2C3)S(C)(=O)=O)cc1. The van der Waals surface area contributed by atoms with Crippen molar-refractivity contribution in [2.24, 2.45) is 11.8 Å². The fourth-order valence-corrected chi connectivity index (χ4v) is 4.77. The first-order valence-corrected chi connectivity index (χ1v) is 10.0. The summed E-state index contributed by atoms with van der Waals surface area (Å²) in [5.74, 6) is 1.11. The molecule has 0 aromatic heterocycles. The monoisotopic (exact) mass is 336 g/mol. The van der Waals surface area contributed by atoms with Gasteiger partial charge in [0.15, 0.2) is 0 Å². The topological polar surface area (TPSA) is 66.5 Å². The third-order valence-electron chi connectivity index (χ3n) is 5.09. The standard InChI is InChI=1S/C17H24N2O3S/c1-12-3-7-15(8-4-12)19(23(2,21)22)11-17(20)18-16-10-13-5-6-14(16)9-13/h3-4,7-8,13-14,16H,5-6,9-11H2,1-2H3,(H,18,20)/t13-,14-,16-/m0/s1. The van der Waals surface area contributed by atoms with Crippen LogP contribution >= 0.6 is 0 Å². The summed E-state index contributed by atoms with van der Waals surface area (Å²) >= 11 is 0. The van der Waals surface area contributed by atoms with E-state index in [9.17, 15) is 13.2 Å². The summed E-state index contributed by atoms with van der Waals surface area (Å²) in [6.45, 7) is 1.78. The largest absolute Gasteiger partial charge is 0.352 e. The number of amides is 1. The number of sulfonamides is 1. The number of rotatable bonds is 5. The molecule has 0 spiro atoms. The van der Waals surface area contributed by atoms with Crippen molar-refractivity contribution in [3.8, 4) is 0 Å². The summed E-state index contributed by atoms with van der Waals surface area (Å²) in [6, 6.07) is 7.39. The molecule has 1 N–H and O–H groups in total. The van der Waals surface area contributed by atoms with Crippen molar-refractivity contribution in [1.29, 1.82) is 0 Å². The lowest BCUT2D eigenvalue weighted by molar-refractivity contribution is -0.120. The number of anilines is 1. The van der Waals surface area contributed by atoms with E-state index in [1.807, 2.05) is 19.1 Å². The van der Waals surface area contributed by atoms with Crippen LogP contribution in [-0.2, 0) is 14.8 Å². The van der Waals surface area contributed by atoms with Gasteiger partial charge in [-0.15, -0.1) is 0 Å². The van der Waals surface area contributed by atoms with Crippen LogP contribution in [0.3, 0.4) is 0 Å². The van der Waals surface area contributed by atoms with Crippen LogP contribution in [0.25, 0.3) is 0 Å². The third-order valence-corrected chi connectivity index (χ3v) is 6.23. The molecule has 2 aliphatic rings. The van der Waals surface area contributed by atoms with Gasteiger partial charge in [0, 0.05) is 6.04 Å². The van der Waals surface area contributed by atoms with E-state index < -0.39 is 10.0 Å². The van der Waals surface area contributed by atoms with Gasteiger partial charge in [-0.05, 0) is 50.2 Å². The van der Waals surface area contributed by atoms with Gasteiger partial charge in [0.25, 0.3) is 0 Å². The summed E-state index contributed by atoms with van der Waals surface area (Å²) in [4.78, 5) is 12.4. The van der Waals surface area contributed by atoms with Crippen molar-refractivity contribution in [3.63, 3.8) is 0 Å². The minimum absolute atomic E-state index is 0.157. The van der Waals surface area contributed by atoms with Crippen molar-refractivity contribution in [3.05, 3.63) is 29.8 Å². The highest BCUT2D eigenvalue weighted by Crippen LogP contribution is 2.44.